The van der Waals surface area contributed by atoms with E-state index in [0.29, 0.717) is 6.10 Å². The second-order valence-corrected chi connectivity index (χ2v) is 3.52. The quantitative estimate of drug-likeness (QED) is 0.687. The molecule has 1 unspecified atom stereocenters. The fourth-order valence-electron chi connectivity index (χ4n) is 1.16. The number of rotatable bonds is 4. The van der Waals surface area contributed by atoms with E-state index in [-0.39, 0.29) is 0 Å². The maximum Gasteiger partial charge on any atom is 0.0720 e. The van der Waals surface area contributed by atoms with Crippen molar-refractivity contribution in [2.45, 2.75) is 39.9 Å². The summed E-state index contributed by atoms with van der Waals surface area (Å²) in [5.41, 5.74) is 2.56. The van der Waals surface area contributed by atoms with Crippen molar-refractivity contribution in [3.05, 3.63) is 35.4 Å². The van der Waals surface area contributed by atoms with Crippen LogP contribution in [0.4, 0.5) is 0 Å². The number of hydrogen-bond donors (Lipinski definition) is 0. The molecule has 0 saturated heterocycles. The van der Waals surface area contributed by atoms with Gasteiger partial charge in [0, 0.05) is 0 Å². The van der Waals surface area contributed by atoms with E-state index in [1.807, 2.05) is 0 Å². The monoisotopic (exact) mass is 178 g/mol. The minimum absolute atomic E-state index is 0.362. The Morgan fingerprint density at radius 3 is 2.77 bits per heavy atom. The van der Waals surface area contributed by atoms with Crippen molar-refractivity contribution in [1.29, 1.82) is 0 Å². The van der Waals surface area contributed by atoms with E-state index in [1.165, 1.54) is 11.1 Å². The lowest BCUT2D eigenvalue weighted by molar-refractivity contribution is 0.0508. The average molecular weight is 178 g/mol. The van der Waals surface area contributed by atoms with Gasteiger partial charge in [0.05, 0.1) is 12.7 Å². The molecule has 1 heteroatoms. The van der Waals surface area contributed by atoms with Gasteiger partial charge >= 0.3 is 0 Å². The lowest BCUT2D eigenvalue weighted by Gasteiger charge is -2.10. The highest BCUT2D eigenvalue weighted by atomic mass is 16.5. The van der Waals surface area contributed by atoms with E-state index in [0.717, 1.165) is 13.0 Å². The molecule has 0 fully saturated rings. The molecule has 1 atom stereocenters. The van der Waals surface area contributed by atoms with Gasteiger partial charge in [-0.1, -0.05) is 36.8 Å². The van der Waals surface area contributed by atoms with Crippen LogP contribution in [0.3, 0.4) is 0 Å². The van der Waals surface area contributed by atoms with E-state index in [1.54, 1.807) is 0 Å². The summed E-state index contributed by atoms with van der Waals surface area (Å²) in [6.07, 6.45) is 1.44. The third-order valence-electron chi connectivity index (χ3n) is 2.19. The number of ether oxygens (including phenoxy) is 1. The third kappa shape index (κ3) is 3.60. The Hall–Kier alpha value is -0.820. The Labute approximate surface area is 80.7 Å². The molecule has 0 spiro atoms. The lowest BCUT2D eigenvalue weighted by atomic mass is 10.1. The van der Waals surface area contributed by atoms with Gasteiger partial charge in [-0.05, 0) is 25.8 Å². The van der Waals surface area contributed by atoms with Gasteiger partial charge in [-0.15, -0.1) is 0 Å². The molecule has 0 saturated carbocycles. The second-order valence-electron chi connectivity index (χ2n) is 3.52. The summed E-state index contributed by atoms with van der Waals surface area (Å²) >= 11 is 0. The molecule has 1 aromatic carbocycles. The zero-order valence-electron chi connectivity index (χ0n) is 8.71. The fraction of sp³-hybridized carbons (Fsp3) is 0.500. The van der Waals surface area contributed by atoms with Crippen LogP contribution in [-0.2, 0) is 11.3 Å². The van der Waals surface area contributed by atoms with E-state index >= 15 is 0 Å². The molecule has 0 heterocycles. The largest absolute Gasteiger partial charge is 0.374 e. The minimum Gasteiger partial charge on any atom is -0.374 e. The fourth-order valence-corrected chi connectivity index (χ4v) is 1.16. The van der Waals surface area contributed by atoms with Gasteiger partial charge in [0.2, 0.25) is 0 Å². The third-order valence-corrected chi connectivity index (χ3v) is 2.19. The SMILES string of the molecule is CCC(C)OCc1cccc(C)c1. The molecule has 0 amide bonds. The van der Waals surface area contributed by atoms with Crippen molar-refractivity contribution < 1.29 is 4.74 Å². The number of aryl methyl sites for hydroxylation is 1. The number of benzene rings is 1. The summed E-state index contributed by atoms with van der Waals surface area (Å²) in [4.78, 5) is 0. The zero-order chi connectivity index (χ0) is 9.68. The second kappa shape index (κ2) is 5.03. The van der Waals surface area contributed by atoms with Crippen molar-refractivity contribution in [3.8, 4) is 0 Å². The topological polar surface area (TPSA) is 9.23 Å². The van der Waals surface area contributed by atoms with E-state index < -0.39 is 0 Å². The van der Waals surface area contributed by atoms with Gasteiger partial charge in [0.15, 0.2) is 0 Å². The Morgan fingerprint density at radius 1 is 1.38 bits per heavy atom. The molecule has 0 N–H and O–H groups in total. The molecule has 13 heavy (non-hydrogen) atoms. The highest BCUT2D eigenvalue weighted by molar-refractivity contribution is 5.21. The average Bonchev–Trinajstić information content (AvgIpc) is 2.14. The molecule has 1 nitrogen and oxygen atoms in total. The van der Waals surface area contributed by atoms with Gasteiger partial charge in [-0.2, -0.15) is 0 Å². The maximum atomic E-state index is 5.63. The molecule has 0 aliphatic heterocycles. The summed E-state index contributed by atoms with van der Waals surface area (Å²) in [6.45, 7) is 7.08. The van der Waals surface area contributed by atoms with Crippen molar-refractivity contribution in [2.75, 3.05) is 0 Å². The summed E-state index contributed by atoms with van der Waals surface area (Å²) in [5.74, 6) is 0. The molecule has 0 radical (unpaired) electrons. The van der Waals surface area contributed by atoms with Crippen LogP contribution in [0.1, 0.15) is 31.4 Å². The van der Waals surface area contributed by atoms with Crippen LogP contribution in [0.25, 0.3) is 0 Å². The van der Waals surface area contributed by atoms with E-state index in [2.05, 4.69) is 45.0 Å². The van der Waals surface area contributed by atoms with Crippen LogP contribution in [0.5, 0.6) is 0 Å². The summed E-state index contributed by atoms with van der Waals surface area (Å²) < 4.78 is 5.63. The first-order valence-corrected chi connectivity index (χ1v) is 4.89. The van der Waals surface area contributed by atoms with Gasteiger partial charge in [-0.25, -0.2) is 0 Å². The highest BCUT2D eigenvalue weighted by Crippen LogP contribution is 2.07. The van der Waals surface area contributed by atoms with Gasteiger partial charge in [0.25, 0.3) is 0 Å². The van der Waals surface area contributed by atoms with E-state index in [4.69, 9.17) is 4.74 Å². The minimum atomic E-state index is 0.362. The molecule has 0 aliphatic rings. The maximum absolute atomic E-state index is 5.63. The van der Waals surface area contributed by atoms with Crippen molar-refractivity contribution in [2.24, 2.45) is 0 Å². The Bertz CT molecular complexity index is 255. The first-order chi connectivity index (χ1) is 6.22. The molecular formula is C12H18O. The summed E-state index contributed by atoms with van der Waals surface area (Å²) in [7, 11) is 0. The normalized spacial score (nSPS) is 12.8. The van der Waals surface area contributed by atoms with E-state index in [9.17, 15) is 0 Å². The van der Waals surface area contributed by atoms with Gasteiger partial charge in [-0.3, -0.25) is 0 Å². The standard InChI is InChI=1S/C12H18O/c1-4-11(3)13-9-12-7-5-6-10(2)8-12/h5-8,11H,4,9H2,1-3H3. The molecule has 1 aromatic rings. The Morgan fingerprint density at radius 2 is 2.15 bits per heavy atom. The Balaban J connectivity index is 2.45. The van der Waals surface area contributed by atoms with Crippen molar-refractivity contribution >= 4 is 0 Å². The lowest BCUT2D eigenvalue weighted by Crippen LogP contribution is -2.05. The van der Waals surface area contributed by atoms with Crippen molar-refractivity contribution in [3.63, 3.8) is 0 Å². The zero-order valence-corrected chi connectivity index (χ0v) is 8.71. The molecular weight excluding hydrogens is 160 g/mol. The Kier molecular flexibility index (Phi) is 3.97. The van der Waals surface area contributed by atoms with Crippen molar-refractivity contribution in [1.82, 2.24) is 0 Å². The van der Waals surface area contributed by atoms with Crippen LogP contribution in [0.15, 0.2) is 24.3 Å². The first-order valence-electron chi connectivity index (χ1n) is 4.89. The predicted octanol–water partition coefficient (Wildman–Crippen LogP) is 3.31. The summed E-state index contributed by atoms with van der Waals surface area (Å²) in [5, 5.41) is 0. The molecule has 0 aromatic heterocycles. The molecule has 72 valence electrons. The van der Waals surface area contributed by atoms with Crippen LogP contribution < -0.4 is 0 Å². The molecule has 0 bridgehead atoms. The molecule has 1 rings (SSSR count). The van der Waals surface area contributed by atoms with Gasteiger partial charge < -0.3 is 4.74 Å². The van der Waals surface area contributed by atoms with Crippen LogP contribution in [-0.4, -0.2) is 6.10 Å². The highest BCUT2D eigenvalue weighted by Gasteiger charge is 1.98. The number of hydrogen-bond acceptors (Lipinski definition) is 1. The first kappa shape index (κ1) is 10.3. The van der Waals surface area contributed by atoms with Crippen LogP contribution in [0.2, 0.25) is 0 Å². The smallest absolute Gasteiger partial charge is 0.0720 e. The predicted molar refractivity (Wildman–Crippen MR) is 55.7 cm³/mol. The van der Waals surface area contributed by atoms with Crippen LogP contribution >= 0.6 is 0 Å². The summed E-state index contributed by atoms with van der Waals surface area (Å²) in [6, 6.07) is 8.45. The molecule has 0 aliphatic carbocycles. The van der Waals surface area contributed by atoms with Gasteiger partial charge in [0.1, 0.15) is 0 Å². The van der Waals surface area contributed by atoms with Crippen LogP contribution in [0, 0.1) is 6.92 Å².